The number of ketones is 1. The number of carbonyl (C=O) groups is 1. The zero-order chi connectivity index (χ0) is 13.0. The lowest BCUT2D eigenvalue weighted by atomic mass is 10.3. The first-order valence-corrected chi connectivity index (χ1v) is 8.31. The SMILES string of the molecule is O=C(CCl)c1csc(CSc2ccccc2Br)n1. The minimum absolute atomic E-state index is 0.0133. The number of halogens is 2. The monoisotopic (exact) mass is 361 g/mol. The van der Waals surface area contributed by atoms with Gasteiger partial charge in [0.2, 0.25) is 0 Å². The molecule has 2 aromatic rings. The van der Waals surface area contributed by atoms with Crippen LogP contribution in [-0.4, -0.2) is 16.6 Å². The number of carbonyl (C=O) groups excluding carboxylic acids is 1. The topological polar surface area (TPSA) is 30.0 Å². The molecule has 0 saturated carbocycles. The summed E-state index contributed by atoms with van der Waals surface area (Å²) in [6, 6.07) is 8.03. The molecule has 0 aliphatic rings. The second-order valence-electron chi connectivity index (χ2n) is 3.40. The second kappa shape index (κ2) is 6.70. The van der Waals surface area contributed by atoms with Crippen molar-refractivity contribution in [3.8, 4) is 0 Å². The molecular formula is C12H9BrClNOS2. The molecule has 1 aromatic carbocycles. The van der Waals surface area contributed by atoms with Gasteiger partial charge < -0.3 is 0 Å². The Morgan fingerprint density at radius 1 is 1.44 bits per heavy atom. The lowest BCUT2D eigenvalue weighted by molar-refractivity contribution is 0.101. The standard InChI is InChI=1S/C12H9BrClNOS2/c13-8-3-1-2-4-11(8)17-7-12-15-9(6-18-12)10(16)5-14/h1-4,6H,5,7H2. The number of aromatic nitrogens is 1. The summed E-state index contributed by atoms with van der Waals surface area (Å²) in [6.07, 6.45) is 0. The van der Waals surface area contributed by atoms with E-state index in [1.807, 2.05) is 24.3 Å². The molecular weight excluding hydrogens is 354 g/mol. The second-order valence-corrected chi connectivity index (χ2v) is 6.48. The summed E-state index contributed by atoms with van der Waals surface area (Å²) < 4.78 is 1.07. The van der Waals surface area contributed by atoms with Gasteiger partial charge in [0, 0.05) is 14.7 Å². The van der Waals surface area contributed by atoms with Crippen molar-refractivity contribution in [2.45, 2.75) is 10.6 Å². The van der Waals surface area contributed by atoms with Gasteiger partial charge in [0.25, 0.3) is 0 Å². The molecule has 0 saturated heterocycles. The van der Waals surface area contributed by atoms with Crippen LogP contribution in [0.25, 0.3) is 0 Å². The van der Waals surface area contributed by atoms with Gasteiger partial charge >= 0.3 is 0 Å². The molecule has 0 amide bonds. The molecule has 0 N–H and O–H groups in total. The molecule has 0 aliphatic carbocycles. The van der Waals surface area contributed by atoms with Crippen LogP contribution in [0.15, 0.2) is 39.0 Å². The zero-order valence-corrected chi connectivity index (χ0v) is 13.2. The Bertz CT molecular complexity index is 559. The molecule has 2 nitrogen and oxygen atoms in total. The number of thioether (sulfide) groups is 1. The molecule has 0 unspecified atom stereocenters. The fraction of sp³-hybridized carbons (Fsp3) is 0.167. The average molecular weight is 363 g/mol. The Morgan fingerprint density at radius 3 is 2.94 bits per heavy atom. The first-order chi connectivity index (χ1) is 8.70. The number of thiazole rings is 1. The minimum Gasteiger partial charge on any atom is -0.291 e. The third kappa shape index (κ3) is 3.57. The third-order valence-corrected chi connectivity index (χ3v) is 5.46. The van der Waals surface area contributed by atoms with Crippen LogP contribution < -0.4 is 0 Å². The number of rotatable bonds is 5. The first kappa shape index (κ1) is 14.1. The molecule has 0 radical (unpaired) electrons. The average Bonchev–Trinajstić information content (AvgIpc) is 2.86. The van der Waals surface area contributed by atoms with Crippen LogP contribution >= 0.6 is 50.6 Å². The van der Waals surface area contributed by atoms with E-state index in [0.29, 0.717) is 5.69 Å². The lowest BCUT2D eigenvalue weighted by Crippen LogP contribution is -2.00. The summed E-state index contributed by atoms with van der Waals surface area (Å²) >= 11 is 12.2. The van der Waals surface area contributed by atoms with Crippen LogP contribution in [-0.2, 0) is 5.75 Å². The number of benzene rings is 1. The first-order valence-electron chi connectivity index (χ1n) is 5.11. The van der Waals surface area contributed by atoms with Crippen LogP contribution in [0.3, 0.4) is 0 Å². The quantitative estimate of drug-likeness (QED) is 0.441. The van der Waals surface area contributed by atoms with Crippen molar-refractivity contribution in [3.63, 3.8) is 0 Å². The van der Waals surface area contributed by atoms with Gasteiger partial charge in [-0.3, -0.25) is 4.79 Å². The van der Waals surface area contributed by atoms with E-state index in [4.69, 9.17) is 11.6 Å². The Balaban J connectivity index is 2.01. The minimum atomic E-state index is -0.120. The highest BCUT2D eigenvalue weighted by molar-refractivity contribution is 9.10. The highest BCUT2D eigenvalue weighted by Gasteiger charge is 2.10. The predicted octanol–water partition coefficient (Wildman–Crippen LogP) is 4.62. The number of hydrogen-bond donors (Lipinski definition) is 0. The van der Waals surface area contributed by atoms with Crippen LogP contribution in [0.1, 0.15) is 15.5 Å². The van der Waals surface area contributed by atoms with Crippen molar-refractivity contribution in [2.24, 2.45) is 0 Å². The number of Topliss-reactive ketones (excluding diaryl/α,β-unsaturated/α-hetero) is 1. The maximum Gasteiger partial charge on any atom is 0.196 e. The maximum atomic E-state index is 11.4. The molecule has 0 fully saturated rings. The Kier molecular flexibility index (Phi) is 5.24. The van der Waals surface area contributed by atoms with Crippen molar-refractivity contribution in [1.82, 2.24) is 4.98 Å². The normalized spacial score (nSPS) is 10.6. The summed E-state index contributed by atoms with van der Waals surface area (Å²) in [5.74, 6) is 0.619. The number of alkyl halides is 1. The summed E-state index contributed by atoms with van der Waals surface area (Å²) in [5, 5.41) is 2.70. The highest BCUT2D eigenvalue weighted by Crippen LogP contribution is 2.30. The van der Waals surface area contributed by atoms with E-state index in [1.165, 1.54) is 11.3 Å². The van der Waals surface area contributed by atoms with Gasteiger partial charge in [-0.2, -0.15) is 0 Å². The molecule has 0 atom stereocenters. The number of nitrogens with zero attached hydrogens (tertiary/aromatic N) is 1. The summed E-state index contributed by atoms with van der Waals surface area (Å²) in [4.78, 5) is 16.8. The smallest absolute Gasteiger partial charge is 0.196 e. The van der Waals surface area contributed by atoms with Gasteiger partial charge in [0.05, 0.1) is 11.6 Å². The largest absolute Gasteiger partial charge is 0.291 e. The van der Waals surface area contributed by atoms with Crippen LogP contribution in [0.2, 0.25) is 0 Å². The van der Waals surface area contributed by atoms with Crippen LogP contribution in [0.5, 0.6) is 0 Å². The van der Waals surface area contributed by atoms with E-state index in [1.54, 1.807) is 17.1 Å². The van der Waals surface area contributed by atoms with Gasteiger partial charge in [-0.25, -0.2) is 4.98 Å². The van der Waals surface area contributed by atoms with E-state index >= 15 is 0 Å². The van der Waals surface area contributed by atoms with E-state index in [0.717, 1.165) is 20.1 Å². The molecule has 18 heavy (non-hydrogen) atoms. The van der Waals surface area contributed by atoms with Gasteiger partial charge in [0.15, 0.2) is 5.78 Å². The van der Waals surface area contributed by atoms with Crippen LogP contribution in [0, 0.1) is 0 Å². The summed E-state index contributed by atoms with van der Waals surface area (Å²) in [6.45, 7) is 0. The molecule has 0 aliphatic heterocycles. The highest BCUT2D eigenvalue weighted by atomic mass is 79.9. The van der Waals surface area contributed by atoms with Crippen LogP contribution in [0.4, 0.5) is 0 Å². The van der Waals surface area contributed by atoms with Gasteiger partial charge in [0.1, 0.15) is 10.7 Å². The van der Waals surface area contributed by atoms with Crippen molar-refractivity contribution in [2.75, 3.05) is 5.88 Å². The van der Waals surface area contributed by atoms with Crippen molar-refractivity contribution in [3.05, 3.63) is 44.8 Å². The maximum absolute atomic E-state index is 11.4. The predicted molar refractivity (Wildman–Crippen MR) is 80.9 cm³/mol. The fourth-order valence-corrected chi connectivity index (χ4v) is 3.80. The molecule has 0 bridgehead atoms. The van der Waals surface area contributed by atoms with Gasteiger partial charge in [-0.1, -0.05) is 12.1 Å². The molecule has 2 rings (SSSR count). The Hall–Kier alpha value is -0.360. The lowest BCUT2D eigenvalue weighted by Gasteiger charge is -2.01. The van der Waals surface area contributed by atoms with Crippen molar-refractivity contribution < 1.29 is 4.79 Å². The molecule has 6 heteroatoms. The van der Waals surface area contributed by atoms with E-state index < -0.39 is 0 Å². The third-order valence-electron chi connectivity index (χ3n) is 2.15. The van der Waals surface area contributed by atoms with Crippen molar-refractivity contribution >= 4 is 56.4 Å². The molecule has 1 aromatic heterocycles. The van der Waals surface area contributed by atoms with Gasteiger partial charge in [-0.05, 0) is 28.1 Å². The number of hydrogen-bond acceptors (Lipinski definition) is 4. The molecule has 94 valence electrons. The Morgan fingerprint density at radius 2 is 2.22 bits per heavy atom. The van der Waals surface area contributed by atoms with E-state index in [-0.39, 0.29) is 11.7 Å². The Labute approximate surface area is 127 Å². The molecule has 1 heterocycles. The van der Waals surface area contributed by atoms with E-state index in [9.17, 15) is 4.79 Å². The summed E-state index contributed by atoms with van der Waals surface area (Å²) in [5.41, 5.74) is 0.470. The van der Waals surface area contributed by atoms with E-state index in [2.05, 4.69) is 20.9 Å². The fourth-order valence-electron chi connectivity index (χ4n) is 1.27. The van der Waals surface area contributed by atoms with Gasteiger partial charge in [-0.15, -0.1) is 34.7 Å². The zero-order valence-electron chi connectivity index (χ0n) is 9.23. The molecule has 0 spiro atoms. The summed E-state index contributed by atoms with van der Waals surface area (Å²) in [7, 11) is 0. The van der Waals surface area contributed by atoms with Crippen molar-refractivity contribution in [1.29, 1.82) is 0 Å².